The minimum atomic E-state index is 0.0678. The van der Waals surface area contributed by atoms with Gasteiger partial charge >= 0.3 is 0 Å². The quantitative estimate of drug-likeness (QED) is 0.688. The highest BCUT2D eigenvalue weighted by atomic mass is 16.5. The minimum Gasteiger partial charge on any atom is -0.372 e. The van der Waals surface area contributed by atoms with Crippen molar-refractivity contribution in [3.05, 3.63) is 0 Å². The van der Waals surface area contributed by atoms with Gasteiger partial charge in [0, 0.05) is 0 Å². The van der Waals surface area contributed by atoms with Gasteiger partial charge in [-0.15, -0.1) is 0 Å². The monoisotopic (exact) mass is 226 g/mol. The topological polar surface area (TPSA) is 9.23 Å². The van der Waals surface area contributed by atoms with Crippen molar-refractivity contribution in [2.45, 2.75) is 73.0 Å². The Bertz CT molecular complexity index is 221. The first-order chi connectivity index (χ1) is 7.28. The maximum Gasteiger partial charge on any atom is 0.0638 e. The first kappa shape index (κ1) is 14.0. The van der Waals surface area contributed by atoms with Crippen LogP contribution in [-0.2, 0) is 4.74 Å². The van der Waals surface area contributed by atoms with E-state index in [9.17, 15) is 0 Å². The van der Waals surface area contributed by atoms with Crippen molar-refractivity contribution < 1.29 is 4.74 Å². The zero-order chi connectivity index (χ0) is 12.5. The molecule has 1 heterocycles. The van der Waals surface area contributed by atoms with E-state index < -0.39 is 0 Å². The zero-order valence-corrected chi connectivity index (χ0v) is 12.2. The molecule has 0 spiro atoms. The molecule has 0 aliphatic carbocycles. The molecular formula is C15H30O. The van der Waals surface area contributed by atoms with Crippen molar-refractivity contribution >= 4 is 0 Å². The van der Waals surface area contributed by atoms with Gasteiger partial charge in [-0.25, -0.2) is 0 Å². The predicted octanol–water partition coefficient (Wildman–Crippen LogP) is 4.51. The molecule has 1 rings (SSSR count). The Labute approximate surface area is 102 Å². The Morgan fingerprint density at radius 2 is 1.81 bits per heavy atom. The molecule has 0 aromatic rings. The first-order valence-electron chi connectivity index (χ1n) is 6.96. The standard InChI is InChI=1S/C15H30O/c1-8-10(2)12(4)14-13(5)11(3)9-15(6,7)16-14/h10-14H,8-9H2,1-7H3/t10?,11?,12?,13-,14?/m0/s1. The Morgan fingerprint density at radius 1 is 1.25 bits per heavy atom. The van der Waals surface area contributed by atoms with Gasteiger partial charge in [0.1, 0.15) is 0 Å². The van der Waals surface area contributed by atoms with E-state index in [0.717, 1.165) is 11.8 Å². The molecule has 5 atom stereocenters. The molecule has 1 heteroatoms. The lowest BCUT2D eigenvalue weighted by molar-refractivity contribution is -0.174. The molecule has 0 radical (unpaired) electrons. The van der Waals surface area contributed by atoms with E-state index in [4.69, 9.17) is 4.74 Å². The van der Waals surface area contributed by atoms with Crippen LogP contribution in [0.3, 0.4) is 0 Å². The summed E-state index contributed by atoms with van der Waals surface area (Å²) in [6, 6.07) is 0. The third-order valence-corrected chi connectivity index (χ3v) is 4.74. The molecule has 0 amide bonds. The van der Waals surface area contributed by atoms with Crippen LogP contribution in [0.15, 0.2) is 0 Å². The van der Waals surface area contributed by atoms with E-state index in [1.807, 2.05) is 0 Å². The van der Waals surface area contributed by atoms with Gasteiger partial charge in [0.2, 0.25) is 0 Å². The molecule has 1 aliphatic rings. The van der Waals surface area contributed by atoms with Crippen molar-refractivity contribution in [3.8, 4) is 0 Å². The Kier molecular flexibility index (Phi) is 4.45. The van der Waals surface area contributed by atoms with E-state index in [1.165, 1.54) is 12.8 Å². The summed E-state index contributed by atoms with van der Waals surface area (Å²) in [5.74, 6) is 2.90. The van der Waals surface area contributed by atoms with Gasteiger partial charge in [-0.2, -0.15) is 0 Å². The molecule has 0 bridgehead atoms. The third kappa shape index (κ3) is 3.00. The molecule has 96 valence electrons. The fourth-order valence-electron chi connectivity index (χ4n) is 3.09. The lowest BCUT2D eigenvalue weighted by Gasteiger charge is -2.47. The largest absolute Gasteiger partial charge is 0.372 e. The minimum absolute atomic E-state index is 0.0678. The smallest absolute Gasteiger partial charge is 0.0638 e. The lowest BCUT2D eigenvalue weighted by atomic mass is 9.73. The fraction of sp³-hybridized carbons (Fsp3) is 1.00. The average Bonchev–Trinajstić information content (AvgIpc) is 2.20. The predicted molar refractivity (Wildman–Crippen MR) is 70.5 cm³/mol. The summed E-state index contributed by atoms with van der Waals surface area (Å²) in [4.78, 5) is 0. The zero-order valence-electron chi connectivity index (χ0n) is 12.2. The van der Waals surface area contributed by atoms with Crippen LogP contribution in [0.5, 0.6) is 0 Å². The van der Waals surface area contributed by atoms with Crippen LogP contribution in [0.25, 0.3) is 0 Å². The maximum atomic E-state index is 6.34. The molecule has 0 aromatic carbocycles. The second-order valence-corrected chi connectivity index (χ2v) is 6.63. The summed E-state index contributed by atoms with van der Waals surface area (Å²) in [6.07, 6.45) is 2.88. The summed E-state index contributed by atoms with van der Waals surface area (Å²) >= 11 is 0. The van der Waals surface area contributed by atoms with Crippen molar-refractivity contribution in [1.82, 2.24) is 0 Å². The van der Waals surface area contributed by atoms with Gasteiger partial charge in [0.15, 0.2) is 0 Å². The molecule has 1 aliphatic heterocycles. The van der Waals surface area contributed by atoms with E-state index in [0.29, 0.717) is 17.9 Å². The summed E-state index contributed by atoms with van der Waals surface area (Å²) in [5.41, 5.74) is 0.0678. The molecule has 1 saturated heterocycles. The van der Waals surface area contributed by atoms with Crippen molar-refractivity contribution in [2.75, 3.05) is 0 Å². The number of hydrogen-bond acceptors (Lipinski definition) is 1. The summed E-state index contributed by atoms with van der Waals surface area (Å²) in [6.45, 7) is 16.2. The van der Waals surface area contributed by atoms with Crippen molar-refractivity contribution in [3.63, 3.8) is 0 Å². The van der Waals surface area contributed by atoms with Crippen molar-refractivity contribution in [2.24, 2.45) is 23.7 Å². The SMILES string of the molecule is CCC(C)C(C)C1OC(C)(C)CC(C)[C@@H]1C. The van der Waals surface area contributed by atoms with Gasteiger partial charge in [-0.1, -0.05) is 41.0 Å². The lowest BCUT2D eigenvalue weighted by Crippen LogP contribution is -2.48. The normalized spacial score (nSPS) is 38.1. The second kappa shape index (κ2) is 5.08. The highest BCUT2D eigenvalue weighted by Crippen LogP contribution is 2.40. The van der Waals surface area contributed by atoms with Crippen LogP contribution in [0.1, 0.15) is 61.3 Å². The Morgan fingerprint density at radius 3 is 2.31 bits per heavy atom. The first-order valence-corrected chi connectivity index (χ1v) is 6.96. The Hall–Kier alpha value is -0.0400. The second-order valence-electron chi connectivity index (χ2n) is 6.63. The van der Waals surface area contributed by atoms with Gasteiger partial charge in [-0.3, -0.25) is 0 Å². The molecule has 0 saturated carbocycles. The van der Waals surface area contributed by atoms with E-state index >= 15 is 0 Å². The van der Waals surface area contributed by atoms with E-state index in [1.54, 1.807) is 0 Å². The summed E-state index contributed by atoms with van der Waals surface area (Å²) in [5, 5.41) is 0. The number of rotatable bonds is 3. The highest BCUT2D eigenvalue weighted by molar-refractivity contribution is 4.89. The van der Waals surface area contributed by atoms with Crippen molar-refractivity contribution in [1.29, 1.82) is 0 Å². The van der Waals surface area contributed by atoms with Gasteiger partial charge in [0.25, 0.3) is 0 Å². The maximum absolute atomic E-state index is 6.34. The van der Waals surface area contributed by atoms with Crippen LogP contribution in [-0.4, -0.2) is 11.7 Å². The molecule has 1 fully saturated rings. The van der Waals surface area contributed by atoms with Gasteiger partial charge < -0.3 is 4.74 Å². The van der Waals surface area contributed by atoms with Gasteiger partial charge in [-0.05, 0) is 43.9 Å². The van der Waals surface area contributed by atoms with Crippen LogP contribution in [0.2, 0.25) is 0 Å². The molecule has 16 heavy (non-hydrogen) atoms. The van der Waals surface area contributed by atoms with Crippen LogP contribution < -0.4 is 0 Å². The molecular weight excluding hydrogens is 196 g/mol. The number of ether oxygens (including phenoxy) is 1. The molecule has 0 aromatic heterocycles. The number of hydrogen-bond donors (Lipinski definition) is 0. The van der Waals surface area contributed by atoms with Crippen LogP contribution >= 0.6 is 0 Å². The van der Waals surface area contributed by atoms with E-state index in [-0.39, 0.29) is 5.60 Å². The molecule has 1 nitrogen and oxygen atoms in total. The Balaban J connectivity index is 2.77. The van der Waals surface area contributed by atoms with E-state index in [2.05, 4.69) is 48.5 Å². The highest BCUT2D eigenvalue weighted by Gasteiger charge is 2.41. The van der Waals surface area contributed by atoms with Crippen LogP contribution in [0, 0.1) is 23.7 Å². The molecule has 0 N–H and O–H groups in total. The van der Waals surface area contributed by atoms with Gasteiger partial charge in [0.05, 0.1) is 11.7 Å². The summed E-state index contributed by atoms with van der Waals surface area (Å²) in [7, 11) is 0. The summed E-state index contributed by atoms with van der Waals surface area (Å²) < 4.78 is 6.34. The molecule has 4 unspecified atom stereocenters. The van der Waals surface area contributed by atoms with Crippen LogP contribution in [0.4, 0.5) is 0 Å². The third-order valence-electron chi connectivity index (χ3n) is 4.74. The average molecular weight is 226 g/mol. The fourth-order valence-corrected chi connectivity index (χ4v) is 3.09.